The van der Waals surface area contributed by atoms with Gasteiger partial charge in [-0.15, -0.1) is 0 Å². The standard InChI is InChI=1S/C17H24BN5O.C16H22BN5O.C15H22BN5O.C14H20BN5O/c1-11-14-16(23(21-11)13-7-3-2-4-8-13)19-15(20-17(14)24)12-6-5-9-22(18)10-12;17-21-8-4-5-11(10-21)14-19-15-13(16(23)20-14)9-18-22(15)12-6-2-1-3-7-12;1-9-11-13(21(19-9)15(2,3)4)17-12(18-14(11)22)10-6-5-7-20(16)8-10;1-14(2,3)20-12-10(7-16-20)13(21)18-11(17-12)9-5-4-6-19(15)8-9/h12-13H,2-10H2,1H3,(H,19,20,24);9,11-12H,1-8,10H2,(H,19,20,23);10H,5-8H2,1-4H3,(H,17,18,22);7,9H,4-6,8H2,1-3H3,(H,17,18,21). The Morgan fingerprint density at radius 1 is 0.400 bits per heavy atom. The highest BCUT2D eigenvalue weighted by atomic mass is 16.1. The first-order valence-corrected chi connectivity index (χ1v) is 32.9. The van der Waals surface area contributed by atoms with Gasteiger partial charge in [0.2, 0.25) is 0 Å². The maximum absolute atomic E-state index is 12.6. The van der Waals surface area contributed by atoms with Crippen LogP contribution in [0.4, 0.5) is 0 Å². The van der Waals surface area contributed by atoms with Crippen LogP contribution in [0.2, 0.25) is 0 Å². The summed E-state index contributed by atoms with van der Waals surface area (Å²) in [5.41, 5.74) is 3.48. The molecule has 28 heteroatoms. The van der Waals surface area contributed by atoms with Crippen molar-refractivity contribution >= 4 is 76.1 Å². The fourth-order valence-electron chi connectivity index (χ4n) is 14.1. The summed E-state index contributed by atoms with van der Waals surface area (Å²) in [6.45, 7) is 22.6. The highest BCUT2D eigenvalue weighted by Crippen LogP contribution is 2.34. The zero-order valence-electron chi connectivity index (χ0n) is 54.1. The molecule has 12 heterocycles. The Bertz CT molecular complexity index is 4040. The van der Waals surface area contributed by atoms with Crippen molar-refractivity contribution in [2.24, 2.45) is 0 Å². The highest BCUT2D eigenvalue weighted by molar-refractivity contribution is 6.05. The molecule has 24 nitrogen and oxygen atoms in total. The molecular formula is C62H88B4N20O4. The second kappa shape index (κ2) is 27.4. The Morgan fingerprint density at radius 3 is 1.19 bits per heavy atom. The third kappa shape index (κ3) is 14.4. The van der Waals surface area contributed by atoms with Crippen molar-refractivity contribution in [2.45, 2.75) is 218 Å². The highest BCUT2D eigenvalue weighted by Gasteiger charge is 2.31. The van der Waals surface area contributed by atoms with Crippen molar-refractivity contribution in [3.8, 4) is 0 Å². The Morgan fingerprint density at radius 2 is 0.756 bits per heavy atom. The van der Waals surface area contributed by atoms with Crippen LogP contribution >= 0.6 is 0 Å². The third-order valence-corrected chi connectivity index (χ3v) is 18.9. The van der Waals surface area contributed by atoms with Crippen LogP contribution in [-0.4, -0.2) is 183 Å². The van der Waals surface area contributed by atoms with E-state index in [9.17, 15) is 19.2 Å². The van der Waals surface area contributed by atoms with Gasteiger partial charge in [0.1, 0.15) is 44.8 Å². The lowest BCUT2D eigenvalue weighted by atomic mass is 9.95. The molecule has 0 aromatic carbocycles. The van der Waals surface area contributed by atoms with Crippen molar-refractivity contribution in [2.75, 3.05) is 52.4 Å². The van der Waals surface area contributed by atoms with Crippen LogP contribution < -0.4 is 22.2 Å². The van der Waals surface area contributed by atoms with E-state index in [1.807, 2.05) is 63.0 Å². The van der Waals surface area contributed by atoms with Gasteiger partial charge in [0.25, 0.3) is 22.2 Å². The monoisotopic (exact) mass is 1220 g/mol. The largest absolute Gasteiger partial charge is 0.353 e. The van der Waals surface area contributed by atoms with Crippen LogP contribution in [0.15, 0.2) is 31.6 Å². The quantitative estimate of drug-likeness (QED) is 0.127. The number of nitrogens with zero attached hydrogens (tertiary/aromatic N) is 16. The van der Waals surface area contributed by atoms with Crippen molar-refractivity contribution in [3.05, 3.63) is 88.5 Å². The minimum absolute atomic E-state index is 0.0660. The predicted octanol–water partition coefficient (Wildman–Crippen LogP) is 6.67. The number of aromatic amines is 4. The third-order valence-electron chi connectivity index (χ3n) is 18.9. The summed E-state index contributed by atoms with van der Waals surface area (Å²) in [5.74, 6) is 3.68. The maximum atomic E-state index is 12.6. The smallest absolute Gasteiger partial charge is 0.262 e. The number of aromatic nitrogens is 16. The van der Waals surface area contributed by atoms with E-state index >= 15 is 0 Å². The van der Waals surface area contributed by atoms with Gasteiger partial charge in [0.15, 0.2) is 54.5 Å². The zero-order valence-corrected chi connectivity index (χ0v) is 54.1. The van der Waals surface area contributed by atoms with Gasteiger partial charge in [-0.3, -0.25) is 19.2 Å². The second-order valence-corrected chi connectivity index (χ2v) is 28.1. The number of fused-ring (bicyclic) bond motifs is 4. The Balaban J connectivity index is 0.000000124. The number of piperidine rings is 4. The van der Waals surface area contributed by atoms with E-state index in [1.54, 1.807) is 22.0 Å². The Hall–Kier alpha value is -6.50. The predicted molar refractivity (Wildman–Crippen MR) is 354 cm³/mol. The molecule has 8 aromatic rings. The van der Waals surface area contributed by atoms with Crippen LogP contribution in [0.3, 0.4) is 0 Å². The summed E-state index contributed by atoms with van der Waals surface area (Å²) < 4.78 is 7.66. The van der Waals surface area contributed by atoms with Gasteiger partial charge < -0.3 is 39.2 Å². The molecular weight excluding hydrogens is 1130 g/mol. The van der Waals surface area contributed by atoms with Crippen LogP contribution in [0.25, 0.3) is 44.1 Å². The molecule has 4 aliphatic heterocycles. The van der Waals surface area contributed by atoms with Crippen LogP contribution in [0.1, 0.15) is 228 Å². The molecule has 4 saturated heterocycles. The van der Waals surface area contributed by atoms with Gasteiger partial charge in [0, 0.05) is 23.7 Å². The van der Waals surface area contributed by atoms with E-state index in [1.165, 1.54) is 38.5 Å². The van der Waals surface area contributed by atoms with Crippen molar-refractivity contribution in [1.82, 2.24) is 98.2 Å². The average Bonchev–Trinajstić information content (AvgIpc) is 1.73. The van der Waals surface area contributed by atoms with Crippen LogP contribution in [0, 0.1) is 13.8 Å². The zero-order chi connectivity index (χ0) is 63.8. The van der Waals surface area contributed by atoms with Gasteiger partial charge in [-0.1, -0.05) is 38.5 Å². The first kappa shape index (κ1) is 65.0. The van der Waals surface area contributed by atoms with Crippen LogP contribution in [-0.2, 0) is 11.1 Å². The molecule has 4 atom stereocenters. The number of nitrogens with one attached hydrogen (secondary N) is 4. The lowest BCUT2D eigenvalue weighted by Crippen LogP contribution is -2.33. The molecule has 472 valence electrons. The van der Waals surface area contributed by atoms with Gasteiger partial charge in [0.05, 0.1) is 46.9 Å². The minimum Gasteiger partial charge on any atom is -0.353 e. The molecule has 2 saturated carbocycles. The van der Waals surface area contributed by atoms with E-state index in [4.69, 9.17) is 46.9 Å². The molecule has 2 aliphatic carbocycles. The summed E-state index contributed by atoms with van der Waals surface area (Å²) in [7, 11) is 23.7. The van der Waals surface area contributed by atoms with E-state index in [0.29, 0.717) is 56.4 Å². The molecule has 90 heavy (non-hydrogen) atoms. The van der Waals surface area contributed by atoms with E-state index in [0.717, 1.165) is 164 Å². The topological polar surface area (TPSA) is 267 Å². The lowest BCUT2D eigenvalue weighted by molar-refractivity contribution is 0.321. The number of aryl methyl sites for hydroxylation is 2. The molecule has 0 bridgehead atoms. The second-order valence-electron chi connectivity index (χ2n) is 28.1. The molecule has 0 spiro atoms. The Kier molecular flexibility index (Phi) is 19.8. The van der Waals surface area contributed by atoms with Gasteiger partial charge in [-0.05, 0) is 185 Å². The van der Waals surface area contributed by atoms with Gasteiger partial charge >= 0.3 is 0 Å². The first-order valence-electron chi connectivity index (χ1n) is 32.9. The fraction of sp³-hybridized carbons (Fsp3) is 0.677. The average molecular weight is 1220 g/mol. The molecule has 0 amide bonds. The first-order chi connectivity index (χ1) is 43.0. The van der Waals surface area contributed by atoms with Gasteiger partial charge in [-0.25, -0.2) is 38.7 Å². The summed E-state index contributed by atoms with van der Waals surface area (Å²) in [6, 6.07) is 0.746. The van der Waals surface area contributed by atoms with E-state index < -0.39 is 0 Å². The minimum atomic E-state index is -0.225. The Labute approximate surface area is 530 Å². The number of rotatable bonds is 6. The molecule has 6 aliphatic rings. The summed E-state index contributed by atoms with van der Waals surface area (Å²) in [6.07, 6.45) is 23.4. The van der Waals surface area contributed by atoms with E-state index in [2.05, 4.69) is 66.1 Å². The summed E-state index contributed by atoms with van der Waals surface area (Å²) in [4.78, 5) is 87.9. The molecule has 4 unspecified atom stereocenters. The lowest BCUT2D eigenvalue weighted by Gasteiger charge is -2.29. The summed E-state index contributed by atoms with van der Waals surface area (Å²) in [5, 5.41) is 20.4. The van der Waals surface area contributed by atoms with E-state index in [-0.39, 0.29) is 57.0 Å². The van der Waals surface area contributed by atoms with Crippen molar-refractivity contribution < 1.29 is 0 Å². The maximum Gasteiger partial charge on any atom is 0.262 e. The van der Waals surface area contributed by atoms with Gasteiger partial charge in [-0.2, -0.15) is 20.4 Å². The van der Waals surface area contributed by atoms with Crippen LogP contribution in [0.5, 0.6) is 0 Å². The normalized spacial score (nSPS) is 22.5. The fourth-order valence-corrected chi connectivity index (χ4v) is 14.1. The van der Waals surface area contributed by atoms with Crippen molar-refractivity contribution in [1.29, 1.82) is 0 Å². The molecule has 4 N–H and O–H groups in total. The molecule has 6 fully saturated rings. The SMILES string of the molecule is [B]N1CCCC(c2nc3c(c(C)nn3C(C)(C)C)c(=O)[nH]2)C1.[B]N1CCCC(c2nc3c(c(C)nn3C3CCCCC3)c(=O)[nH]2)C1.[B]N1CCCC(c2nc3c(cnn3C(C)(C)C)c(=O)[nH]2)C1.[B]N1CCCC(c2nc3c(cnn3C3CCCCC3)c(=O)[nH]2)C1. The number of H-pyrrole nitrogens is 4. The number of hydrogen-bond donors (Lipinski definition) is 4. The molecule has 14 rings (SSSR count). The summed E-state index contributed by atoms with van der Waals surface area (Å²) >= 11 is 0. The van der Waals surface area contributed by atoms with Crippen molar-refractivity contribution in [3.63, 3.8) is 0 Å². The number of hydrogen-bond acceptors (Lipinski definition) is 16. The molecule has 8 radical (unpaired) electrons. The molecule has 8 aromatic heterocycles.